The predicted molar refractivity (Wildman–Crippen MR) is 55.9 cm³/mol. The molecule has 0 bridgehead atoms. The maximum atomic E-state index is 12.3. The Morgan fingerprint density at radius 1 is 1.31 bits per heavy atom. The first-order valence-corrected chi connectivity index (χ1v) is 5.17. The Hall–Kier alpha value is -1.10. The van der Waals surface area contributed by atoms with Crippen molar-refractivity contribution < 1.29 is 13.2 Å². The Morgan fingerprint density at radius 2 is 1.88 bits per heavy atom. The number of hydrogen-bond acceptors (Lipinski definition) is 2. The third-order valence-electron chi connectivity index (χ3n) is 2.63. The minimum Gasteiger partial charge on any atom is -0.320 e. The monoisotopic (exact) mass is 232 g/mol. The second-order valence-electron chi connectivity index (χ2n) is 3.77. The predicted octanol–water partition coefficient (Wildman–Crippen LogP) is 2.85. The molecule has 0 radical (unpaired) electrons. The SMILES string of the molecule is CCC(CC(N)C(F)(F)F)c1ccncc1. The molecule has 1 heterocycles. The fourth-order valence-corrected chi connectivity index (χ4v) is 1.61. The second kappa shape index (κ2) is 5.30. The van der Waals surface area contributed by atoms with Gasteiger partial charge in [-0.05, 0) is 36.5 Å². The maximum absolute atomic E-state index is 12.3. The van der Waals surface area contributed by atoms with E-state index < -0.39 is 12.2 Å². The third kappa shape index (κ3) is 3.48. The van der Waals surface area contributed by atoms with Crippen LogP contribution < -0.4 is 5.73 Å². The van der Waals surface area contributed by atoms with Crippen molar-refractivity contribution in [1.82, 2.24) is 4.98 Å². The topological polar surface area (TPSA) is 38.9 Å². The van der Waals surface area contributed by atoms with Gasteiger partial charge in [-0.3, -0.25) is 4.98 Å². The first-order valence-electron chi connectivity index (χ1n) is 5.17. The summed E-state index contributed by atoms with van der Waals surface area (Å²) in [5.74, 6) is -0.167. The van der Waals surface area contributed by atoms with Gasteiger partial charge >= 0.3 is 6.18 Å². The lowest BCUT2D eigenvalue weighted by molar-refractivity contribution is -0.149. The molecule has 5 heteroatoms. The van der Waals surface area contributed by atoms with Crippen molar-refractivity contribution in [3.63, 3.8) is 0 Å². The summed E-state index contributed by atoms with van der Waals surface area (Å²) in [4.78, 5) is 3.84. The van der Waals surface area contributed by atoms with Gasteiger partial charge in [-0.1, -0.05) is 6.92 Å². The minimum atomic E-state index is -4.32. The lowest BCUT2D eigenvalue weighted by atomic mass is 9.91. The zero-order chi connectivity index (χ0) is 12.2. The molecular formula is C11H15F3N2. The first-order chi connectivity index (χ1) is 7.45. The van der Waals surface area contributed by atoms with E-state index >= 15 is 0 Å². The zero-order valence-corrected chi connectivity index (χ0v) is 9.04. The van der Waals surface area contributed by atoms with Crippen LogP contribution in [0.4, 0.5) is 13.2 Å². The fraction of sp³-hybridized carbons (Fsp3) is 0.545. The van der Waals surface area contributed by atoms with Gasteiger partial charge in [0.25, 0.3) is 0 Å². The molecule has 16 heavy (non-hydrogen) atoms. The molecule has 0 aromatic carbocycles. The maximum Gasteiger partial charge on any atom is 0.403 e. The van der Waals surface area contributed by atoms with E-state index in [9.17, 15) is 13.2 Å². The van der Waals surface area contributed by atoms with Crippen LogP contribution in [-0.4, -0.2) is 17.2 Å². The molecule has 0 amide bonds. The third-order valence-corrected chi connectivity index (χ3v) is 2.63. The van der Waals surface area contributed by atoms with Crippen molar-refractivity contribution in [3.8, 4) is 0 Å². The molecule has 0 fully saturated rings. The number of halogens is 3. The number of rotatable bonds is 4. The summed E-state index contributed by atoms with van der Waals surface area (Å²) in [5.41, 5.74) is 5.98. The fourth-order valence-electron chi connectivity index (χ4n) is 1.61. The van der Waals surface area contributed by atoms with Crippen LogP contribution in [0.2, 0.25) is 0 Å². The molecule has 2 nitrogen and oxygen atoms in total. The molecule has 0 aliphatic heterocycles. The van der Waals surface area contributed by atoms with E-state index in [4.69, 9.17) is 5.73 Å². The number of nitrogens with zero attached hydrogens (tertiary/aromatic N) is 1. The van der Waals surface area contributed by atoms with Gasteiger partial charge in [-0.15, -0.1) is 0 Å². The number of alkyl halides is 3. The molecule has 1 aromatic rings. The Balaban J connectivity index is 2.70. The molecule has 0 spiro atoms. The Labute approximate surface area is 92.7 Å². The molecule has 1 rings (SSSR count). The molecule has 0 aliphatic carbocycles. The number of nitrogens with two attached hydrogens (primary N) is 1. The van der Waals surface area contributed by atoms with Crippen LogP contribution in [0, 0.1) is 0 Å². The molecule has 0 saturated heterocycles. The van der Waals surface area contributed by atoms with Gasteiger partial charge in [0.2, 0.25) is 0 Å². The van der Waals surface area contributed by atoms with E-state index in [1.807, 2.05) is 6.92 Å². The molecule has 2 atom stereocenters. The molecule has 0 saturated carbocycles. The molecule has 90 valence electrons. The highest BCUT2D eigenvalue weighted by Crippen LogP contribution is 2.29. The van der Waals surface area contributed by atoms with Gasteiger partial charge in [0, 0.05) is 12.4 Å². The average Bonchev–Trinajstić information content (AvgIpc) is 2.25. The average molecular weight is 232 g/mol. The van der Waals surface area contributed by atoms with Crippen LogP contribution in [0.15, 0.2) is 24.5 Å². The smallest absolute Gasteiger partial charge is 0.320 e. The van der Waals surface area contributed by atoms with Crippen LogP contribution in [0.5, 0.6) is 0 Å². The summed E-state index contributed by atoms with van der Waals surface area (Å²) in [6.07, 6.45) is -0.605. The normalized spacial score (nSPS) is 15.8. The van der Waals surface area contributed by atoms with E-state index in [1.54, 1.807) is 24.5 Å². The molecule has 2 unspecified atom stereocenters. The van der Waals surface area contributed by atoms with Gasteiger partial charge < -0.3 is 5.73 Å². The number of aromatic nitrogens is 1. The van der Waals surface area contributed by atoms with Gasteiger partial charge in [0.1, 0.15) is 6.04 Å². The Morgan fingerprint density at radius 3 is 2.31 bits per heavy atom. The van der Waals surface area contributed by atoms with Crippen molar-refractivity contribution in [2.45, 2.75) is 37.9 Å². The van der Waals surface area contributed by atoms with Gasteiger partial charge in [0.15, 0.2) is 0 Å². The van der Waals surface area contributed by atoms with E-state index in [-0.39, 0.29) is 12.3 Å². The molecular weight excluding hydrogens is 217 g/mol. The molecule has 2 N–H and O–H groups in total. The summed E-state index contributed by atoms with van der Waals surface area (Å²) in [5, 5.41) is 0. The number of hydrogen-bond donors (Lipinski definition) is 1. The Bertz CT molecular complexity index is 311. The first kappa shape index (κ1) is 13.0. The van der Waals surface area contributed by atoms with E-state index in [0.717, 1.165) is 5.56 Å². The standard InChI is InChI=1S/C11H15F3N2/c1-2-8(7-10(15)11(12,13)14)9-3-5-16-6-4-9/h3-6,8,10H,2,7,15H2,1H3. The summed E-state index contributed by atoms with van der Waals surface area (Å²) >= 11 is 0. The van der Waals surface area contributed by atoms with E-state index in [0.29, 0.717) is 6.42 Å². The highest BCUT2D eigenvalue weighted by atomic mass is 19.4. The second-order valence-corrected chi connectivity index (χ2v) is 3.77. The van der Waals surface area contributed by atoms with Crippen molar-refractivity contribution in [3.05, 3.63) is 30.1 Å². The van der Waals surface area contributed by atoms with Gasteiger partial charge in [0.05, 0.1) is 0 Å². The quantitative estimate of drug-likeness (QED) is 0.866. The van der Waals surface area contributed by atoms with Gasteiger partial charge in [-0.2, -0.15) is 13.2 Å². The van der Waals surface area contributed by atoms with Crippen LogP contribution in [0.3, 0.4) is 0 Å². The van der Waals surface area contributed by atoms with Crippen molar-refractivity contribution in [2.75, 3.05) is 0 Å². The summed E-state index contributed by atoms with van der Waals surface area (Å²) in [6, 6.07) is 1.71. The summed E-state index contributed by atoms with van der Waals surface area (Å²) in [6.45, 7) is 1.86. The largest absolute Gasteiger partial charge is 0.403 e. The lowest BCUT2D eigenvalue weighted by Crippen LogP contribution is -2.38. The van der Waals surface area contributed by atoms with Crippen LogP contribution in [-0.2, 0) is 0 Å². The van der Waals surface area contributed by atoms with E-state index in [1.165, 1.54) is 0 Å². The molecule has 0 aliphatic rings. The summed E-state index contributed by atoms with van der Waals surface area (Å²) in [7, 11) is 0. The minimum absolute atomic E-state index is 0.0794. The van der Waals surface area contributed by atoms with Gasteiger partial charge in [-0.25, -0.2) is 0 Å². The lowest BCUT2D eigenvalue weighted by Gasteiger charge is -2.21. The van der Waals surface area contributed by atoms with Crippen molar-refractivity contribution in [1.29, 1.82) is 0 Å². The molecule has 1 aromatic heterocycles. The van der Waals surface area contributed by atoms with Crippen molar-refractivity contribution in [2.24, 2.45) is 5.73 Å². The van der Waals surface area contributed by atoms with Crippen molar-refractivity contribution >= 4 is 0 Å². The van der Waals surface area contributed by atoms with Crippen LogP contribution >= 0.6 is 0 Å². The highest BCUT2D eigenvalue weighted by molar-refractivity contribution is 5.16. The number of pyridine rings is 1. The van der Waals surface area contributed by atoms with Crippen LogP contribution in [0.1, 0.15) is 31.2 Å². The Kier molecular flexibility index (Phi) is 4.29. The van der Waals surface area contributed by atoms with Crippen LogP contribution in [0.25, 0.3) is 0 Å². The summed E-state index contributed by atoms with van der Waals surface area (Å²) < 4.78 is 37.0. The highest BCUT2D eigenvalue weighted by Gasteiger charge is 2.37. The van der Waals surface area contributed by atoms with E-state index in [2.05, 4.69) is 4.98 Å². The zero-order valence-electron chi connectivity index (χ0n) is 9.04.